The lowest BCUT2D eigenvalue weighted by atomic mass is 10.3. The van der Waals surface area contributed by atoms with E-state index in [-0.39, 0.29) is 36.3 Å². The maximum atomic E-state index is 13.1. The summed E-state index contributed by atoms with van der Waals surface area (Å²) in [5.74, 6) is -0.818. The third-order valence-corrected chi connectivity index (χ3v) is 9.09. The Balaban J connectivity index is 1.70. The lowest BCUT2D eigenvalue weighted by Gasteiger charge is -2.14. The van der Waals surface area contributed by atoms with Gasteiger partial charge in [-0.15, -0.1) is 11.3 Å². The minimum absolute atomic E-state index is 0.00615. The van der Waals surface area contributed by atoms with Crippen LogP contribution in [0.1, 0.15) is 9.67 Å². The van der Waals surface area contributed by atoms with Gasteiger partial charge >= 0.3 is 5.97 Å². The molecular formula is C21H17ClN2O8S3. The molecule has 2 aromatic heterocycles. The molecule has 0 bridgehead atoms. The summed E-state index contributed by atoms with van der Waals surface area (Å²) in [5, 5.41) is 0.359. The van der Waals surface area contributed by atoms with E-state index in [0.717, 1.165) is 7.11 Å². The molecule has 4 rings (SSSR count). The fourth-order valence-corrected chi connectivity index (χ4v) is 6.84. The van der Waals surface area contributed by atoms with E-state index in [1.54, 1.807) is 24.3 Å². The number of para-hydroxylation sites is 1. The number of methoxy groups -OCH3 is 2. The van der Waals surface area contributed by atoms with Crippen LogP contribution in [0.3, 0.4) is 0 Å². The zero-order chi connectivity index (χ0) is 25.4. The molecule has 2 aromatic carbocycles. The number of carbonyl (C=O) groups is 1. The summed E-state index contributed by atoms with van der Waals surface area (Å²) in [4.78, 5) is 11.9. The largest absolute Gasteiger partial charge is 0.494 e. The minimum Gasteiger partial charge on any atom is -0.494 e. The van der Waals surface area contributed by atoms with Crippen molar-refractivity contribution < 1.29 is 35.5 Å². The predicted octanol–water partition coefficient (Wildman–Crippen LogP) is 4.54. The Hall–Kier alpha value is -3.26. The van der Waals surface area contributed by atoms with Crippen LogP contribution in [0.5, 0.6) is 5.75 Å². The number of hydrogen-bond acceptors (Lipinski definition) is 9. The van der Waals surface area contributed by atoms with Crippen molar-refractivity contribution >= 4 is 71.3 Å². The Morgan fingerprint density at radius 2 is 1.66 bits per heavy atom. The number of ether oxygens (including phenoxy) is 2. The standard InChI is InChI=1S/C21H17ClN2O8S3/c1-30-17-11-18(20(25)31-2)33-21(17)35(28,29)23-14-8-7-13(22)10-15(14)24-34(26,27)19-9-12-5-3-4-6-16(12)32-19/h3-11,23-24H,1-2H3. The number of rotatable bonds is 8. The van der Waals surface area contributed by atoms with Crippen molar-refractivity contribution in [1.82, 2.24) is 0 Å². The molecule has 0 aliphatic rings. The van der Waals surface area contributed by atoms with Crippen LogP contribution in [0.4, 0.5) is 11.4 Å². The molecule has 0 aliphatic heterocycles. The topological polar surface area (TPSA) is 141 Å². The minimum atomic E-state index is -4.32. The van der Waals surface area contributed by atoms with Crippen LogP contribution in [0, 0.1) is 0 Å². The van der Waals surface area contributed by atoms with Crippen LogP contribution < -0.4 is 14.2 Å². The average molecular weight is 557 g/mol. The number of thiophene rings is 1. The molecule has 10 nitrogen and oxygen atoms in total. The van der Waals surface area contributed by atoms with Crippen LogP contribution in [-0.2, 0) is 24.8 Å². The maximum Gasteiger partial charge on any atom is 0.348 e. The van der Waals surface area contributed by atoms with E-state index in [0.29, 0.717) is 22.3 Å². The van der Waals surface area contributed by atoms with Gasteiger partial charge in [0.15, 0.2) is 9.96 Å². The molecular weight excluding hydrogens is 540 g/mol. The van der Waals surface area contributed by atoms with Gasteiger partial charge in [-0.3, -0.25) is 9.44 Å². The number of benzene rings is 2. The number of furan rings is 1. The van der Waals surface area contributed by atoms with Crippen LogP contribution in [0.2, 0.25) is 5.02 Å². The molecule has 0 radical (unpaired) electrons. The van der Waals surface area contributed by atoms with E-state index >= 15 is 0 Å². The smallest absolute Gasteiger partial charge is 0.348 e. The Bertz CT molecular complexity index is 1610. The van der Waals surface area contributed by atoms with Crippen molar-refractivity contribution in [1.29, 1.82) is 0 Å². The lowest BCUT2D eigenvalue weighted by Crippen LogP contribution is -2.17. The molecule has 4 aromatic rings. The molecule has 0 saturated carbocycles. The molecule has 14 heteroatoms. The Labute approximate surface area is 209 Å². The summed E-state index contributed by atoms with van der Waals surface area (Å²) in [5.41, 5.74) is 0.0977. The SMILES string of the molecule is COC(=O)c1cc(OC)c(S(=O)(=O)Nc2ccc(Cl)cc2NS(=O)(=O)c2cc3ccccc3o2)s1. The highest BCUT2D eigenvalue weighted by Gasteiger charge is 2.28. The van der Waals surface area contributed by atoms with Gasteiger partial charge in [0.2, 0.25) is 5.09 Å². The Morgan fingerprint density at radius 3 is 2.34 bits per heavy atom. The second-order valence-electron chi connectivity index (χ2n) is 6.96. The summed E-state index contributed by atoms with van der Waals surface area (Å²) < 4.78 is 71.7. The van der Waals surface area contributed by atoms with Gasteiger partial charge in [0.25, 0.3) is 20.0 Å². The van der Waals surface area contributed by atoms with Crippen molar-refractivity contribution in [3.8, 4) is 5.75 Å². The van der Waals surface area contributed by atoms with Crippen LogP contribution >= 0.6 is 22.9 Å². The highest BCUT2D eigenvalue weighted by molar-refractivity contribution is 7.95. The summed E-state index contributed by atoms with van der Waals surface area (Å²) in [7, 11) is -6.16. The number of sulfonamides is 2. The van der Waals surface area contributed by atoms with Gasteiger partial charge in [-0.05, 0) is 24.3 Å². The van der Waals surface area contributed by atoms with Gasteiger partial charge in [-0.25, -0.2) is 13.2 Å². The molecule has 0 spiro atoms. The van der Waals surface area contributed by atoms with E-state index in [4.69, 9.17) is 20.8 Å². The van der Waals surface area contributed by atoms with Gasteiger partial charge in [-0.2, -0.15) is 8.42 Å². The first-order valence-electron chi connectivity index (χ1n) is 9.64. The van der Waals surface area contributed by atoms with Crippen molar-refractivity contribution in [3.63, 3.8) is 0 Å². The number of nitrogens with one attached hydrogen (secondary N) is 2. The second kappa shape index (κ2) is 9.41. The molecule has 0 unspecified atom stereocenters. The van der Waals surface area contributed by atoms with Crippen molar-refractivity contribution in [2.45, 2.75) is 9.30 Å². The fourth-order valence-electron chi connectivity index (χ4n) is 3.05. The van der Waals surface area contributed by atoms with E-state index in [2.05, 4.69) is 14.2 Å². The summed E-state index contributed by atoms with van der Waals surface area (Å²) in [6.07, 6.45) is 0. The summed E-state index contributed by atoms with van der Waals surface area (Å²) in [6.45, 7) is 0. The first-order chi connectivity index (χ1) is 16.5. The number of fused-ring (bicyclic) bond motifs is 1. The normalized spacial score (nSPS) is 11.9. The summed E-state index contributed by atoms with van der Waals surface area (Å²) in [6, 6.07) is 13.2. The Morgan fingerprint density at radius 1 is 0.943 bits per heavy atom. The molecule has 35 heavy (non-hydrogen) atoms. The fraction of sp³-hybridized carbons (Fsp3) is 0.0952. The summed E-state index contributed by atoms with van der Waals surface area (Å²) >= 11 is 6.68. The molecule has 0 saturated heterocycles. The van der Waals surface area contributed by atoms with Crippen LogP contribution in [0.25, 0.3) is 11.0 Å². The first kappa shape index (κ1) is 24.9. The van der Waals surface area contributed by atoms with Gasteiger partial charge in [-0.1, -0.05) is 29.8 Å². The lowest BCUT2D eigenvalue weighted by molar-refractivity contribution is 0.0606. The molecule has 0 aliphatic carbocycles. The molecule has 184 valence electrons. The van der Waals surface area contributed by atoms with E-state index < -0.39 is 26.0 Å². The van der Waals surface area contributed by atoms with Crippen LogP contribution in [0.15, 0.2) is 68.3 Å². The van der Waals surface area contributed by atoms with E-state index in [1.807, 2.05) is 0 Å². The zero-order valence-electron chi connectivity index (χ0n) is 18.1. The molecule has 0 atom stereocenters. The van der Waals surface area contributed by atoms with Crippen molar-refractivity contribution in [2.24, 2.45) is 0 Å². The zero-order valence-corrected chi connectivity index (χ0v) is 21.3. The highest BCUT2D eigenvalue weighted by atomic mass is 35.5. The number of halogens is 1. The third-order valence-electron chi connectivity index (χ3n) is 4.65. The molecule has 2 N–H and O–H groups in total. The number of carbonyl (C=O) groups excluding carboxylic acids is 1. The third kappa shape index (κ3) is 5.07. The van der Waals surface area contributed by atoms with Gasteiger partial charge < -0.3 is 13.9 Å². The average Bonchev–Trinajstić information content (AvgIpc) is 3.45. The first-order valence-corrected chi connectivity index (χ1v) is 13.8. The van der Waals surface area contributed by atoms with E-state index in [9.17, 15) is 21.6 Å². The van der Waals surface area contributed by atoms with E-state index in [1.165, 1.54) is 37.4 Å². The van der Waals surface area contributed by atoms with Crippen molar-refractivity contribution in [2.75, 3.05) is 23.7 Å². The van der Waals surface area contributed by atoms with Crippen LogP contribution in [-0.4, -0.2) is 37.0 Å². The molecule has 2 heterocycles. The number of esters is 1. The molecule has 0 fully saturated rings. The van der Waals surface area contributed by atoms with Gasteiger partial charge in [0, 0.05) is 22.5 Å². The maximum absolute atomic E-state index is 13.1. The monoisotopic (exact) mass is 556 g/mol. The quantitative estimate of drug-likeness (QED) is 0.301. The predicted molar refractivity (Wildman–Crippen MR) is 131 cm³/mol. The number of anilines is 2. The van der Waals surface area contributed by atoms with Gasteiger partial charge in [0.05, 0.1) is 25.6 Å². The molecule has 0 amide bonds. The second-order valence-corrected chi connectivity index (χ2v) is 11.9. The highest BCUT2D eigenvalue weighted by Crippen LogP contribution is 2.37. The van der Waals surface area contributed by atoms with Crippen molar-refractivity contribution in [3.05, 3.63) is 64.5 Å². The number of hydrogen-bond donors (Lipinski definition) is 2. The van der Waals surface area contributed by atoms with Gasteiger partial charge in [0.1, 0.15) is 10.5 Å². The Kier molecular flexibility index (Phi) is 6.68.